The Morgan fingerprint density at radius 1 is 0.906 bits per heavy atom. The van der Waals surface area contributed by atoms with E-state index in [9.17, 15) is 28.5 Å². The number of halogens is 1. The van der Waals surface area contributed by atoms with Gasteiger partial charge in [0, 0.05) is 80.1 Å². The van der Waals surface area contributed by atoms with Gasteiger partial charge in [-0.05, 0) is 87.2 Å². The maximum absolute atomic E-state index is 13.2. The van der Waals surface area contributed by atoms with Crippen LogP contribution in [-0.4, -0.2) is 132 Å². The first kappa shape index (κ1) is 45.1. The molecular formula is C45H51ClN9O7PS. The van der Waals surface area contributed by atoms with Crippen molar-refractivity contribution in [1.29, 1.82) is 0 Å². The van der Waals surface area contributed by atoms with E-state index in [1.807, 2.05) is 41.3 Å². The number of benzene rings is 3. The molecule has 4 aromatic rings. The third-order valence-corrected chi connectivity index (χ3v) is 15.0. The van der Waals surface area contributed by atoms with Gasteiger partial charge < -0.3 is 29.7 Å². The van der Waals surface area contributed by atoms with Crippen LogP contribution in [0.5, 0.6) is 5.75 Å². The molecule has 0 spiro atoms. The maximum Gasteiger partial charge on any atom is 0.262 e. The normalized spacial score (nSPS) is 18.6. The highest BCUT2D eigenvalue weighted by Crippen LogP contribution is 2.39. The molecule has 4 aliphatic rings. The van der Waals surface area contributed by atoms with E-state index in [-0.39, 0.29) is 29.9 Å². The zero-order valence-corrected chi connectivity index (χ0v) is 38.4. The van der Waals surface area contributed by atoms with Crippen molar-refractivity contribution in [1.82, 2.24) is 30.0 Å². The summed E-state index contributed by atoms with van der Waals surface area (Å²) in [7, 11) is -0.931. The Morgan fingerprint density at radius 2 is 1.66 bits per heavy atom. The molecule has 0 radical (unpaired) electrons. The Kier molecular flexibility index (Phi) is 13.6. The molecule has 0 saturated carbocycles. The Morgan fingerprint density at radius 3 is 2.39 bits per heavy atom. The van der Waals surface area contributed by atoms with Gasteiger partial charge in [-0.2, -0.15) is 4.98 Å². The zero-order chi connectivity index (χ0) is 45.1. The number of fused-ring (bicyclic) bond motifs is 1. The number of carbonyl (C=O) groups excluding carboxylic acids is 5. The summed E-state index contributed by atoms with van der Waals surface area (Å²) in [6.07, 6.45) is 4.81. The lowest BCUT2D eigenvalue weighted by Gasteiger charge is -2.43. The number of piperazine rings is 1. The average Bonchev–Trinajstić information content (AvgIpc) is 3.53. The summed E-state index contributed by atoms with van der Waals surface area (Å²) in [6, 6.07) is 18.0. The van der Waals surface area contributed by atoms with Crippen molar-refractivity contribution < 1.29 is 33.3 Å². The van der Waals surface area contributed by atoms with Crippen LogP contribution in [0.25, 0.3) is 0 Å². The number of amides is 5. The lowest BCUT2D eigenvalue weighted by Crippen LogP contribution is -2.54. The van der Waals surface area contributed by atoms with Crippen LogP contribution >= 0.6 is 30.5 Å². The molecule has 3 aromatic carbocycles. The van der Waals surface area contributed by atoms with Crippen LogP contribution < -0.4 is 30.9 Å². The SMILES string of the molecule is COc1cc(N2CCC(N3CCN(C(=O)CCCSc4ccc5c(c4)C(=O)N(C4CCC(=O)NC4=O)C5=O)CC3)CC2)ccc1Nc1ncc(Cl)c(Nc2ccccc2P(C)(C)=O)n1. The Labute approximate surface area is 381 Å². The van der Waals surface area contributed by atoms with Crippen molar-refractivity contribution in [2.45, 2.75) is 55.5 Å². The molecule has 336 valence electrons. The number of ether oxygens (including phenoxy) is 1. The zero-order valence-electron chi connectivity index (χ0n) is 36.0. The monoisotopic (exact) mass is 927 g/mol. The van der Waals surface area contributed by atoms with Crippen molar-refractivity contribution >= 4 is 94.2 Å². The molecular weight excluding hydrogens is 877 g/mol. The van der Waals surface area contributed by atoms with Gasteiger partial charge in [0.2, 0.25) is 23.7 Å². The van der Waals surface area contributed by atoms with Crippen molar-refractivity contribution in [3.8, 4) is 5.75 Å². The number of hydrogen-bond acceptors (Lipinski definition) is 14. The van der Waals surface area contributed by atoms with E-state index in [1.165, 1.54) is 18.0 Å². The van der Waals surface area contributed by atoms with Gasteiger partial charge in [-0.1, -0.05) is 23.7 Å². The molecule has 5 heterocycles. The second-order valence-electron chi connectivity index (χ2n) is 16.6. The molecule has 0 aliphatic carbocycles. The molecule has 1 aromatic heterocycles. The van der Waals surface area contributed by atoms with E-state index in [4.69, 9.17) is 16.3 Å². The number of imide groups is 2. The van der Waals surface area contributed by atoms with Gasteiger partial charge in [-0.15, -0.1) is 11.8 Å². The molecule has 1 atom stereocenters. The number of nitrogens with one attached hydrogen (secondary N) is 3. The number of aromatic nitrogens is 2. The lowest BCUT2D eigenvalue weighted by molar-refractivity contribution is -0.136. The van der Waals surface area contributed by atoms with Crippen LogP contribution in [0.3, 0.4) is 0 Å². The maximum atomic E-state index is 13.2. The fourth-order valence-electron chi connectivity index (χ4n) is 8.73. The summed E-state index contributed by atoms with van der Waals surface area (Å²) >= 11 is 8.00. The highest BCUT2D eigenvalue weighted by atomic mass is 35.5. The van der Waals surface area contributed by atoms with Gasteiger partial charge in [0.1, 0.15) is 24.0 Å². The van der Waals surface area contributed by atoms with Gasteiger partial charge >= 0.3 is 0 Å². The second-order valence-corrected chi connectivity index (χ2v) is 21.4. The molecule has 3 saturated heterocycles. The number of rotatable bonds is 14. The molecule has 3 fully saturated rings. The number of anilines is 5. The Hall–Kier alpha value is -5.48. The summed E-state index contributed by atoms with van der Waals surface area (Å²) in [5.41, 5.74) is 2.94. The van der Waals surface area contributed by atoms with Crippen LogP contribution in [0.1, 0.15) is 59.2 Å². The summed E-state index contributed by atoms with van der Waals surface area (Å²) in [5.74, 6) is 0.0676. The van der Waals surface area contributed by atoms with Gasteiger partial charge in [0.05, 0.1) is 35.8 Å². The fraction of sp³-hybridized carbons (Fsp3) is 0.400. The minimum Gasteiger partial charge on any atom is -0.494 e. The number of carbonyl (C=O) groups is 5. The van der Waals surface area contributed by atoms with Gasteiger partial charge in [-0.25, -0.2) is 4.98 Å². The van der Waals surface area contributed by atoms with Crippen molar-refractivity contribution in [2.75, 3.05) is 81.0 Å². The van der Waals surface area contributed by atoms with Crippen molar-refractivity contribution in [2.24, 2.45) is 0 Å². The average molecular weight is 928 g/mol. The largest absolute Gasteiger partial charge is 0.494 e. The number of nitrogens with zero attached hydrogens (tertiary/aromatic N) is 6. The molecule has 16 nitrogen and oxygen atoms in total. The molecule has 8 rings (SSSR count). The minimum atomic E-state index is -2.56. The van der Waals surface area contributed by atoms with Crippen LogP contribution in [0.2, 0.25) is 5.02 Å². The highest BCUT2D eigenvalue weighted by Gasteiger charge is 2.44. The first-order valence-corrected chi connectivity index (χ1v) is 25.4. The summed E-state index contributed by atoms with van der Waals surface area (Å²) in [6.45, 7) is 8.31. The number of hydrogen-bond donors (Lipinski definition) is 3. The molecule has 1 unspecified atom stereocenters. The summed E-state index contributed by atoms with van der Waals surface area (Å²) in [5, 5.41) is 9.75. The minimum absolute atomic E-state index is 0.0708. The summed E-state index contributed by atoms with van der Waals surface area (Å²) in [4.78, 5) is 81.0. The number of thioether (sulfide) groups is 1. The van der Waals surface area contributed by atoms with E-state index < -0.39 is 36.8 Å². The Bertz CT molecular complexity index is 2530. The molecule has 4 aliphatic heterocycles. The second kappa shape index (κ2) is 19.3. The highest BCUT2D eigenvalue weighted by molar-refractivity contribution is 7.99. The third kappa shape index (κ3) is 9.92. The van der Waals surface area contributed by atoms with E-state index >= 15 is 0 Å². The van der Waals surface area contributed by atoms with E-state index in [0.717, 1.165) is 54.5 Å². The number of methoxy groups -OCH3 is 1. The number of piperidine rings is 2. The fourth-order valence-corrected chi connectivity index (χ4v) is 10.9. The lowest BCUT2D eigenvalue weighted by atomic mass is 10.0. The van der Waals surface area contributed by atoms with E-state index in [2.05, 4.69) is 41.8 Å². The molecule has 64 heavy (non-hydrogen) atoms. The van der Waals surface area contributed by atoms with E-state index in [1.54, 1.807) is 38.6 Å². The first-order valence-electron chi connectivity index (χ1n) is 21.4. The molecule has 19 heteroatoms. The third-order valence-electron chi connectivity index (χ3n) is 12.1. The van der Waals surface area contributed by atoms with Crippen molar-refractivity contribution in [3.63, 3.8) is 0 Å². The predicted molar refractivity (Wildman–Crippen MR) is 249 cm³/mol. The van der Waals surface area contributed by atoms with Gasteiger partial charge in [0.25, 0.3) is 11.8 Å². The van der Waals surface area contributed by atoms with Crippen molar-refractivity contribution in [3.05, 3.63) is 83.0 Å². The van der Waals surface area contributed by atoms with Crippen LogP contribution in [0, 0.1) is 0 Å². The number of para-hydroxylation sites is 1. The summed E-state index contributed by atoms with van der Waals surface area (Å²) < 4.78 is 18.7. The smallest absolute Gasteiger partial charge is 0.262 e. The first-order chi connectivity index (χ1) is 30.8. The van der Waals surface area contributed by atoms with E-state index in [0.29, 0.717) is 76.9 Å². The predicted octanol–water partition coefficient (Wildman–Crippen LogP) is 5.96. The van der Waals surface area contributed by atoms with Crippen LogP contribution in [0.15, 0.2) is 71.8 Å². The van der Waals surface area contributed by atoms with Gasteiger partial charge in [-0.3, -0.25) is 39.1 Å². The standard InChI is InChI=1S/C45H51ClN9O7PS/c1-62-37-25-29(10-13-34(37)49-45-47-27-33(46)41(51-45)48-35-7-4-5-8-38(35)63(2,3)61)52-18-16-28(17-19-52)53-20-22-54(23-21-53)40(57)9-6-24-64-30-11-12-31-32(26-30)44(60)55(43(31)59)36-14-15-39(56)50-42(36)58/h4-5,7-8,10-13,25-28,36H,6,9,14-24H2,1-3H3,(H,50,56,58)(H2,47,48,49,51). The van der Waals surface area contributed by atoms with Crippen LogP contribution in [-0.2, 0) is 18.9 Å². The Balaban J connectivity index is 0.771. The molecule has 5 amide bonds. The van der Waals surface area contributed by atoms with Crippen LogP contribution in [0.4, 0.5) is 28.8 Å². The van der Waals surface area contributed by atoms with Gasteiger partial charge in [0.15, 0.2) is 5.82 Å². The molecule has 3 N–H and O–H groups in total. The molecule has 0 bridgehead atoms. The topological polar surface area (TPSA) is 186 Å². The quantitative estimate of drug-likeness (QED) is 0.0582.